The van der Waals surface area contributed by atoms with E-state index in [4.69, 9.17) is 9.84 Å². The maximum Gasteiger partial charge on any atom is 0.306 e. The van der Waals surface area contributed by atoms with Crippen molar-refractivity contribution in [2.75, 3.05) is 0 Å². The molecule has 0 amide bonds. The highest BCUT2D eigenvalue weighted by molar-refractivity contribution is 5.69. The summed E-state index contributed by atoms with van der Waals surface area (Å²) in [5, 5.41) is 18.4. The second-order valence-corrected chi connectivity index (χ2v) is 4.74. The van der Waals surface area contributed by atoms with Crippen LogP contribution in [0.5, 0.6) is 0 Å². The molecule has 0 fully saturated rings. The molecular formula is C11H22O4. The second-order valence-electron chi connectivity index (χ2n) is 4.74. The van der Waals surface area contributed by atoms with Gasteiger partial charge in [-0.2, -0.15) is 0 Å². The van der Waals surface area contributed by atoms with Crippen LogP contribution in [0.15, 0.2) is 0 Å². The largest absolute Gasteiger partial charge is 0.481 e. The molecule has 0 rings (SSSR count). The van der Waals surface area contributed by atoms with Crippen LogP contribution >= 0.6 is 0 Å². The lowest BCUT2D eigenvalue weighted by atomic mass is 9.99. The topological polar surface area (TPSA) is 66.8 Å². The molecular weight excluding hydrogens is 196 g/mol. The van der Waals surface area contributed by atoms with E-state index in [1.54, 1.807) is 0 Å². The molecule has 2 N–H and O–H groups in total. The number of aliphatic hydroxyl groups is 1. The summed E-state index contributed by atoms with van der Waals surface area (Å²) in [6, 6.07) is 0. The first-order valence-corrected chi connectivity index (χ1v) is 5.35. The molecule has 15 heavy (non-hydrogen) atoms. The highest BCUT2D eigenvalue weighted by Crippen LogP contribution is 2.18. The summed E-state index contributed by atoms with van der Waals surface area (Å²) in [7, 11) is 0. The number of hydrogen-bond acceptors (Lipinski definition) is 3. The molecule has 0 saturated carbocycles. The summed E-state index contributed by atoms with van der Waals surface area (Å²) in [5.41, 5.74) is -0.450. The van der Waals surface area contributed by atoms with E-state index < -0.39 is 23.8 Å². The first kappa shape index (κ1) is 14.4. The minimum atomic E-state index is -1.00. The first-order valence-electron chi connectivity index (χ1n) is 5.35. The van der Waals surface area contributed by atoms with Crippen LogP contribution in [-0.4, -0.2) is 28.1 Å². The number of hydrogen-bond donors (Lipinski definition) is 2. The normalized spacial score (nSPS) is 16.1. The summed E-state index contributed by atoms with van der Waals surface area (Å²) in [6.45, 7) is 7.40. The Bertz CT molecular complexity index is 195. The molecule has 0 bridgehead atoms. The fraction of sp³-hybridized carbons (Fsp3) is 0.909. The molecule has 0 spiro atoms. The average Bonchev–Trinajstić information content (AvgIpc) is 1.99. The maximum atomic E-state index is 10.8. The van der Waals surface area contributed by atoms with Crippen molar-refractivity contribution < 1.29 is 19.7 Å². The third kappa shape index (κ3) is 7.33. The monoisotopic (exact) mass is 218 g/mol. The van der Waals surface area contributed by atoms with Gasteiger partial charge in [0.2, 0.25) is 0 Å². The van der Waals surface area contributed by atoms with Crippen LogP contribution < -0.4 is 0 Å². The van der Waals surface area contributed by atoms with E-state index >= 15 is 0 Å². The van der Waals surface area contributed by atoms with Crippen molar-refractivity contribution in [3.05, 3.63) is 0 Å². The minimum absolute atomic E-state index is 0.153. The molecule has 0 radical (unpaired) electrons. The lowest BCUT2D eigenvalue weighted by Gasteiger charge is -2.25. The second kappa shape index (κ2) is 6.08. The Balaban J connectivity index is 4.11. The Morgan fingerprint density at radius 1 is 1.40 bits per heavy atom. The molecule has 0 aliphatic heterocycles. The van der Waals surface area contributed by atoms with Gasteiger partial charge in [0, 0.05) is 6.42 Å². The van der Waals surface area contributed by atoms with Crippen molar-refractivity contribution in [3.63, 3.8) is 0 Å². The number of rotatable bonds is 6. The zero-order valence-electron chi connectivity index (χ0n) is 9.99. The number of ether oxygens (including phenoxy) is 1. The van der Waals surface area contributed by atoms with Gasteiger partial charge in [-0.25, -0.2) is 0 Å². The highest BCUT2D eigenvalue weighted by Gasteiger charge is 2.24. The van der Waals surface area contributed by atoms with Crippen molar-refractivity contribution in [3.8, 4) is 0 Å². The molecule has 0 heterocycles. The van der Waals surface area contributed by atoms with Gasteiger partial charge in [0.25, 0.3) is 0 Å². The Morgan fingerprint density at radius 2 is 1.93 bits per heavy atom. The lowest BCUT2D eigenvalue weighted by molar-refractivity contribution is -0.179. The van der Waals surface area contributed by atoms with Gasteiger partial charge in [0.1, 0.15) is 0 Å². The fourth-order valence-corrected chi connectivity index (χ4v) is 1.39. The fourth-order valence-electron chi connectivity index (χ4n) is 1.39. The summed E-state index contributed by atoms with van der Waals surface area (Å²) < 4.78 is 5.26. The van der Waals surface area contributed by atoms with Crippen LogP contribution in [0, 0.1) is 5.92 Å². The van der Waals surface area contributed by atoms with E-state index in [1.807, 2.05) is 27.7 Å². The van der Waals surface area contributed by atoms with E-state index in [0.717, 1.165) is 6.42 Å². The number of aliphatic hydroxyl groups excluding tert-OH is 1. The molecule has 0 aromatic rings. The summed E-state index contributed by atoms with van der Waals surface area (Å²) >= 11 is 0. The first-order chi connectivity index (χ1) is 6.76. The third-order valence-electron chi connectivity index (χ3n) is 1.96. The predicted octanol–water partition coefficient (Wildman–Crippen LogP) is 2.01. The van der Waals surface area contributed by atoms with Gasteiger partial charge in [-0.15, -0.1) is 0 Å². The Morgan fingerprint density at radius 3 is 2.27 bits per heavy atom. The van der Waals surface area contributed by atoms with Crippen LogP contribution in [0.3, 0.4) is 0 Å². The molecule has 0 aliphatic rings. The molecule has 0 aliphatic carbocycles. The number of carbonyl (C=O) groups is 1. The Labute approximate surface area is 91.3 Å². The standard InChI is InChI=1S/C11H22O4/c1-5-6-8(10(13)14)7-9(12)15-11(2,3)4/h8-9,12H,5-7H2,1-4H3,(H,13,14)/t8-,9-/m1/s1. The van der Waals surface area contributed by atoms with E-state index in [1.165, 1.54) is 0 Å². The van der Waals surface area contributed by atoms with Crippen LogP contribution in [-0.2, 0) is 9.53 Å². The van der Waals surface area contributed by atoms with Crippen LogP contribution in [0.25, 0.3) is 0 Å². The summed E-state index contributed by atoms with van der Waals surface area (Å²) in [6.07, 6.45) is 0.511. The average molecular weight is 218 g/mol. The van der Waals surface area contributed by atoms with Gasteiger partial charge in [-0.05, 0) is 27.2 Å². The molecule has 0 aromatic heterocycles. The van der Waals surface area contributed by atoms with Crippen molar-refractivity contribution in [2.45, 2.75) is 58.8 Å². The van der Waals surface area contributed by atoms with E-state index in [2.05, 4.69) is 0 Å². The van der Waals surface area contributed by atoms with Crippen molar-refractivity contribution in [1.29, 1.82) is 0 Å². The van der Waals surface area contributed by atoms with E-state index in [-0.39, 0.29) is 6.42 Å². The quantitative estimate of drug-likeness (QED) is 0.669. The van der Waals surface area contributed by atoms with Gasteiger partial charge >= 0.3 is 5.97 Å². The van der Waals surface area contributed by atoms with Crippen molar-refractivity contribution in [2.24, 2.45) is 5.92 Å². The molecule has 0 unspecified atom stereocenters. The van der Waals surface area contributed by atoms with E-state index in [0.29, 0.717) is 6.42 Å². The van der Waals surface area contributed by atoms with Crippen molar-refractivity contribution in [1.82, 2.24) is 0 Å². The van der Waals surface area contributed by atoms with E-state index in [9.17, 15) is 9.90 Å². The minimum Gasteiger partial charge on any atom is -0.481 e. The lowest BCUT2D eigenvalue weighted by Crippen LogP contribution is -2.30. The van der Waals surface area contributed by atoms with Crippen molar-refractivity contribution >= 4 is 5.97 Å². The number of carboxylic acid groups (broad SMARTS) is 1. The van der Waals surface area contributed by atoms with Gasteiger partial charge in [-0.3, -0.25) is 4.79 Å². The van der Waals surface area contributed by atoms with Gasteiger partial charge in [0.15, 0.2) is 6.29 Å². The Kier molecular flexibility index (Phi) is 5.83. The SMILES string of the molecule is CCC[C@H](C[C@H](O)OC(C)(C)C)C(=O)O. The zero-order valence-corrected chi connectivity index (χ0v) is 9.99. The number of aliphatic carboxylic acids is 1. The predicted molar refractivity (Wildman–Crippen MR) is 57.5 cm³/mol. The zero-order chi connectivity index (χ0) is 12.1. The van der Waals surface area contributed by atoms with Gasteiger partial charge in [0.05, 0.1) is 11.5 Å². The summed E-state index contributed by atoms with van der Waals surface area (Å²) in [5.74, 6) is -1.39. The van der Waals surface area contributed by atoms with Crippen LogP contribution in [0.1, 0.15) is 47.0 Å². The summed E-state index contributed by atoms with van der Waals surface area (Å²) in [4.78, 5) is 10.8. The van der Waals surface area contributed by atoms with Gasteiger partial charge < -0.3 is 14.9 Å². The molecule has 2 atom stereocenters. The van der Waals surface area contributed by atoms with Gasteiger partial charge in [-0.1, -0.05) is 13.3 Å². The van der Waals surface area contributed by atoms with Crippen LogP contribution in [0.4, 0.5) is 0 Å². The molecule has 4 heteroatoms. The molecule has 0 saturated heterocycles. The smallest absolute Gasteiger partial charge is 0.306 e. The maximum absolute atomic E-state index is 10.8. The highest BCUT2D eigenvalue weighted by atomic mass is 16.6. The number of carboxylic acids is 1. The third-order valence-corrected chi connectivity index (χ3v) is 1.96. The Hall–Kier alpha value is -0.610. The molecule has 4 nitrogen and oxygen atoms in total. The molecule has 90 valence electrons. The van der Waals surface area contributed by atoms with Crippen LogP contribution in [0.2, 0.25) is 0 Å². The molecule has 0 aromatic carbocycles.